The predicted octanol–water partition coefficient (Wildman–Crippen LogP) is 2.48. The molecule has 3 aromatic rings. The third-order valence-corrected chi connectivity index (χ3v) is 3.02. The average molecular weight is 242 g/mol. The summed E-state index contributed by atoms with van der Waals surface area (Å²) in [6, 6.07) is 9.94. The van der Waals surface area contributed by atoms with Crippen LogP contribution < -0.4 is 0 Å². The zero-order chi connectivity index (χ0) is 12.5. The first kappa shape index (κ1) is 11.0. The van der Waals surface area contributed by atoms with Gasteiger partial charge in [-0.2, -0.15) is 0 Å². The molecule has 0 bridgehead atoms. The quantitative estimate of drug-likeness (QED) is 0.767. The molecule has 0 aliphatic rings. The highest BCUT2D eigenvalue weighted by Crippen LogP contribution is 2.19. The van der Waals surface area contributed by atoms with Crippen LogP contribution in [0.25, 0.3) is 10.9 Å². The van der Waals surface area contributed by atoms with Crippen LogP contribution in [0.4, 0.5) is 0 Å². The van der Waals surface area contributed by atoms with Crippen molar-refractivity contribution in [3.05, 3.63) is 53.5 Å². The molecular formula is C14H14N2O2. The molecule has 0 spiro atoms. The largest absolute Gasteiger partial charge is 0.392 e. The van der Waals surface area contributed by atoms with E-state index in [9.17, 15) is 5.11 Å². The molecular weight excluding hydrogens is 228 g/mol. The number of nitrogens with zero attached hydrogens (tertiary/aromatic N) is 2. The van der Waals surface area contributed by atoms with Gasteiger partial charge in [0.1, 0.15) is 0 Å². The second-order valence-corrected chi connectivity index (χ2v) is 4.43. The molecule has 18 heavy (non-hydrogen) atoms. The second kappa shape index (κ2) is 4.31. The van der Waals surface area contributed by atoms with Crippen molar-refractivity contribution in [3.8, 4) is 0 Å². The van der Waals surface area contributed by atoms with Crippen LogP contribution >= 0.6 is 0 Å². The van der Waals surface area contributed by atoms with Crippen molar-refractivity contribution in [2.75, 3.05) is 0 Å². The molecule has 0 saturated heterocycles. The Bertz CT molecular complexity index is 682. The van der Waals surface area contributed by atoms with Crippen LogP contribution in [0.5, 0.6) is 0 Å². The molecule has 92 valence electrons. The molecule has 0 saturated carbocycles. The van der Waals surface area contributed by atoms with Gasteiger partial charge in [0.25, 0.3) is 0 Å². The Balaban J connectivity index is 2.01. The van der Waals surface area contributed by atoms with Crippen LogP contribution in [0.1, 0.15) is 17.0 Å². The van der Waals surface area contributed by atoms with Gasteiger partial charge >= 0.3 is 0 Å². The first-order chi connectivity index (χ1) is 8.76. The Morgan fingerprint density at radius 3 is 2.89 bits per heavy atom. The lowest BCUT2D eigenvalue weighted by Crippen LogP contribution is -1.96. The number of rotatable bonds is 3. The van der Waals surface area contributed by atoms with Gasteiger partial charge in [-0.25, -0.2) is 0 Å². The van der Waals surface area contributed by atoms with E-state index in [4.69, 9.17) is 4.52 Å². The van der Waals surface area contributed by atoms with Crippen LogP contribution in [0.2, 0.25) is 0 Å². The van der Waals surface area contributed by atoms with E-state index in [1.54, 1.807) is 0 Å². The SMILES string of the molecule is Cc1cc(Cn2ccc3ccc(CO)cc32)on1. The Hall–Kier alpha value is -2.07. The zero-order valence-corrected chi connectivity index (χ0v) is 10.1. The summed E-state index contributed by atoms with van der Waals surface area (Å²) in [5.41, 5.74) is 2.89. The number of fused-ring (bicyclic) bond motifs is 1. The summed E-state index contributed by atoms with van der Waals surface area (Å²) < 4.78 is 7.31. The van der Waals surface area contributed by atoms with E-state index in [-0.39, 0.29) is 6.61 Å². The van der Waals surface area contributed by atoms with Crippen molar-refractivity contribution in [2.24, 2.45) is 0 Å². The lowest BCUT2D eigenvalue weighted by molar-refractivity contribution is 0.282. The zero-order valence-electron chi connectivity index (χ0n) is 10.1. The third kappa shape index (κ3) is 1.91. The molecule has 4 nitrogen and oxygen atoms in total. The number of benzene rings is 1. The monoisotopic (exact) mass is 242 g/mol. The standard InChI is InChI=1S/C14H14N2O2/c1-10-6-13(18-15-10)8-16-5-4-12-3-2-11(9-17)7-14(12)16/h2-7,17H,8-9H2,1H3. The van der Waals surface area contributed by atoms with Crippen molar-refractivity contribution in [1.82, 2.24) is 9.72 Å². The van der Waals surface area contributed by atoms with Crippen LogP contribution in [0.15, 0.2) is 41.1 Å². The smallest absolute Gasteiger partial charge is 0.156 e. The van der Waals surface area contributed by atoms with Gasteiger partial charge in [-0.3, -0.25) is 0 Å². The molecule has 1 N–H and O–H groups in total. The summed E-state index contributed by atoms with van der Waals surface area (Å²) in [5.74, 6) is 0.833. The number of aromatic nitrogens is 2. The maximum atomic E-state index is 9.18. The summed E-state index contributed by atoms with van der Waals surface area (Å²) in [4.78, 5) is 0. The number of hydrogen-bond donors (Lipinski definition) is 1. The highest BCUT2D eigenvalue weighted by atomic mass is 16.5. The predicted molar refractivity (Wildman–Crippen MR) is 68.2 cm³/mol. The molecule has 0 aliphatic carbocycles. The van der Waals surface area contributed by atoms with Gasteiger partial charge in [0.05, 0.1) is 18.8 Å². The fourth-order valence-electron chi connectivity index (χ4n) is 2.12. The van der Waals surface area contributed by atoms with Gasteiger partial charge in [0.15, 0.2) is 5.76 Å². The number of aryl methyl sites for hydroxylation is 1. The minimum Gasteiger partial charge on any atom is -0.392 e. The van der Waals surface area contributed by atoms with Crippen LogP contribution in [0.3, 0.4) is 0 Å². The Morgan fingerprint density at radius 2 is 2.17 bits per heavy atom. The molecule has 2 aromatic heterocycles. The molecule has 0 amide bonds. The lowest BCUT2D eigenvalue weighted by Gasteiger charge is -2.03. The highest BCUT2D eigenvalue weighted by molar-refractivity contribution is 5.80. The molecule has 0 atom stereocenters. The summed E-state index contributed by atoms with van der Waals surface area (Å²) in [6.07, 6.45) is 2.02. The van der Waals surface area contributed by atoms with Crippen LogP contribution in [-0.2, 0) is 13.2 Å². The van der Waals surface area contributed by atoms with E-state index in [1.165, 1.54) is 0 Å². The van der Waals surface area contributed by atoms with E-state index >= 15 is 0 Å². The van der Waals surface area contributed by atoms with Gasteiger partial charge < -0.3 is 14.2 Å². The van der Waals surface area contributed by atoms with Gasteiger partial charge in [-0.1, -0.05) is 17.3 Å². The van der Waals surface area contributed by atoms with E-state index in [0.29, 0.717) is 6.54 Å². The van der Waals surface area contributed by atoms with E-state index < -0.39 is 0 Å². The Kier molecular flexibility index (Phi) is 2.64. The van der Waals surface area contributed by atoms with Gasteiger partial charge in [-0.15, -0.1) is 0 Å². The minimum atomic E-state index is 0.0581. The first-order valence-electron chi connectivity index (χ1n) is 5.87. The van der Waals surface area contributed by atoms with Crippen LogP contribution in [-0.4, -0.2) is 14.8 Å². The summed E-state index contributed by atoms with van der Waals surface area (Å²) in [7, 11) is 0. The molecule has 4 heteroatoms. The normalized spacial score (nSPS) is 11.2. The molecule has 2 heterocycles. The van der Waals surface area contributed by atoms with Crippen molar-refractivity contribution in [1.29, 1.82) is 0 Å². The maximum absolute atomic E-state index is 9.18. The average Bonchev–Trinajstić information content (AvgIpc) is 2.96. The Labute approximate surface area is 104 Å². The van der Waals surface area contributed by atoms with Crippen molar-refractivity contribution in [2.45, 2.75) is 20.1 Å². The lowest BCUT2D eigenvalue weighted by atomic mass is 10.2. The molecule has 3 rings (SSSR count). The molecule has 0 aliphatic heterocycles. The molecule has 1 aromatic carbocycles. The number of hydrogen-bond acceptors (Lipinski definition) is 3. The summed E-state index contributed by atoms with van der Waals surface area (Å²) in [5, 5.41) is 14.2. The molecule has 0 unspecified atom stereocenters. The van der Waals surface area contributed by atoms with Crippen molar-refractivity contribution >= 4 is 10.9 Å². The van der Waals surface area contributed by atoms with Gasteiger partial charge in [0, 0.05) is 17.8 Å². The number of aliphatic hydroxyl groups is 1. The highest BCUT2D eigenvalue weighted by Gasteiger charge is 2.06. The summed E-state index contributed by atoms with van der Waals surface area (Å²) in [6.45, 7) is 2.62. The molecule has 0 radical (unpaired) electrons. The van der Waals surface area contributed by atoms with Crippen molar-refractivity contribution in [3.63, 3.8) is 0 Å². The summed E-state index contributed by atoms with van der Waals surface area (Å²) >= 11 is 0. The fraction of sp³-hybridized carbons (Fsp3) is 0.214. The minimum absolute atomic E-state index is 0.0581. The van der Waals surface area contributed by atoms with Gasteiger partial charge in [0.2, 0.25) is 0 Å². The molecule has 0 fully saturated rings. The fourth-order valence-corrected chi connectivity index (χ4v) is 2.12. The number of aliphatic hydroxyl groups excluding tert-OH is 1. The third-order valence-electron chi connectivity index (χ3n) is 3.02. The van der Waals surface area contributed by atoms with Gasteiger partial charge in [-0.05, 0) is 30.0 Å². The topological polar surface area (TPSA) is 51.2 Å². The maximum Gasteiger partial charge on any atom is 0.156 e. The van der Waals surface area contributed by atoms with E-state index in [1.807, 2.05) is 37.4 Å². The van der Waals surface area contributed by atoms with E-state index in [2.05, 4.69) is 15.8 Å². The van der Waals surface area contributed by atoms with Crippen LogP contribution in [0, 0.1) is 6.92 Å². The second-order valence-electron chi connectivity index (χ2n) is 4.43. The first-order valence-corrected chi connectivity index (χ1v) is 5.87. The Morgan fingerprint density at radius 1 is 1.28 bits per heavy atom. The van der Waals surface area contributed by atoms with Crippen molar-refractivity contribution < 1.29 is 9.63 Å². The van der Waals surface area contributed by atoms with E-state index in [0.717, 1.165) is 27.9 Å².